The first-order chi connectivity index (χ1) is 12.2. The van der Waals surface area contributed by atoms with Crippen LogP contribution < -0.4 is 5.56 Å². The molecular formula is C19H16N4O2. The summed E-state index contributed by atoms with van der Waals surface area (Å²) in [5.41, 5.74) is 1.88. The number of fused-ring (bicyclic) bond motifs is 1. The van der Waals surface area contributed by atoms with E-state index in [1.807, 2.05) is 60.7 Å². The largest absolute Gasteiger partial charge is 0.387 e. The van der Waals surface area contributed by atoms with Crippen molar-refractivity contribution < 1.29 is 5.11 Å². The molecule has 0 aliphatic carbocycles. The quantitative estimate of drug-likeness (QED) is 0.622. The van der Waals surface area contributed by atoms with E-state index in [9.17, 15) is 9.90 Å². The van der Waals surface area contributed by atoms with Crippen LogP contribution in [-0.2, 0) is 6.54 Å². The highest BCUT2D eigenvalue weighted by molar-refractivity contribution is 5.74. The van der Waals surface area contributed by atoms with Gasteiger partial charge in [-0.3, -0.25) is 9.36 Å². The van der Waals surface area contributed by atoms with Crippen molar-refractivity contribution in [2.75, 3.05) is 0 Å². The molecule has 124 valence electrons. The molecule has 6 nitrogen and oxygen atoms in total. The molecule has 0 unspecified atom stereocenters. The molecule has 0 aliphatic heterocycles. The van der Waals surface area contributed by atoms with Crippen LogP contribution in [0.3, 0.4) is 0 Å². The number of para-hydroxylation sites is 1. The Labute approximate surface area is 143 Å². The molecule has 6 heteroatoms. The molecule has 0 radical (unpaired) electrons. The number of aliphatic hydroxyl groups is 1. The summed E-state index contributed by atoms with van der Waals surface area (Å²) in [6, 6.07) is 18.8. The molecule has 0 aliphatic rings. The standard InChI is InChI=1S/C19H16N4O2/c24-17(14-7-3-1-4-8-14)12-22-13-20-18-16(19(22)25)11-21-23(18)15-9-5-2-6-10-15/h1-11,13,17,24H,12H2/t17-/m0/s1. The molecule has 2 aromatic heterocycles. The minimum atomic E-state index is -0.776. The Morgan fingerprint density at radius 1 is 1.00 bits per heavy atom. The van der Waals surface area contributed by atoms with Gasteiger partial charge in [-0.25, -0.2) is 9.67 Å². The Morgan fingerprint density at radius 3 is 2.40 bits per heavy atom. The fraction of sp³-hybridized carbons (Fsp3) is 0.105. The van der Waals surface area contributed by atoms with Crippen LogP contribution in [0.5, 0.6) is 0 Å². The van der Waals surface area contributed by atoms with E-state index in [0.29, 0.717) is 11.0 Å². The smallest absolute Gasteiger partial charge is 0.264 e. The number of benzene rings is 2. The molecule has 2 heterocycles. The van der Waals surface area contributed by atoms with E-state index in [2.05, 4.69) is 10.1 Å². The van der Waals surface area contributed by atoms with E-state index >= 15 is 0 Å². The van der Waals surface area contributed by atoms with Gasteiger partial charge < -0.3 is 5.11 Å². The van der Waals surface area contributed by atoms with Gasteiger partial charge in [0.15, 0.2) is 5.65 Å². The van der Waals surface area contributed by atoms with Crippen LogP contribution in [-0.4, -0.2) is 24.4 Å². The maximum Gasteiger partial charge on any atom is 0.264 e. The van der Waals surface area contributed by atoms with Crippen molar-refractivity contribution in [1.29, 1.82) is 0 Å². The number of hydrogen-bond acceptors (Lipinski definition) is 4. The second-order valence-electron chi connectivity index (χ2n) is 5.76. The molecule has 0 saturated heterocycles. The zero-order valence-corrected chi connectivity index (χ0v) is 13.4. The van der Waals surface area contributed by atoms with Crippen LogP contribution in [0.15, 0.2) is 78.0 Å². The van der Waals surface area contributed by atoms with Gasteiger partial charge >= 0.3 is 0 Å². The molecule has 0 saturated carbocycles. The minimum absolute atomic E-state index is 0.141. The molecule has 2 aromatic carbocycles. The second kappa shape index (κ2) is 6.33. The van der Waals surface area contributed by atoms with Crippen LogP contribution in [0.2, 0.25) is 0 Å². The molecule has 1 atom stereocenters. The van der Waals surface area contributed by atoms with E-state index in [4.69, 9.17) is 0 Å². The third-order valence-corrected chi connectivity index (χ3v) is 4.11. The maximum absolute atomic E-state index is 12.7. The van der Waals surface area contributed by atoms with Crippen LogP contribution in [0.4, 0.5) is 0 Å². The summed E-state index contributed by atoms with van der Waals surface area (Å²) >= 11 is 0. The summed E-state index contributed by atoms with van der Waals surface area (Å²) in [7, 11) is 0. The zero-order valence-electron chi connectivity index (χ0n) is 13.4. The summed E-state index contributed by atoms with van der Waals surface area (Å²) in [6.07, 6.45) is 2.20. The van der Waals surface area contributed by atoms with Gasteiger partial charge in [0.25, 0.3) is 5.56 Å². The van der Waals surface area contributed by atoms with Crippen molar-refractivity contribution in [3.63, 3.8) is 0 Å². The highest BCUT2D eigenvalue weighted by atomic mass is 16.3. The monoisotopic (exact) mass is 332 g/mol. The lowest BCUT2D eigenvalue weighted by Gasteiger charge is -2.12. The zero-order chi connectivity index (χ0) is 17.2. The van der Waals surface area contributed by atoms with E-state index in [1.165, 1.54) is 17.1 Å². The fourth-order valence-corrected chi connectivity index (χ4v) is 2.80. The summed E-state index contributed by atoms with van der Waals surface area (Å²) in [5.74, 6) is 0. The van der Waals surface area contributed by atoms with Gasteiger partial charge in [0.2, 0.25) is 0 Å². The minimum Gasteiger partial charge on any atom is -0.387 e. The first-order valence-electron chi connectivity index (χ1n) is 7.95. The lowest BCUT2D eigenvalue weighted by atomic mass is 10.1. The molecule has 0 spiro atoms. The van der Waals surface area contributed by atoms with Crippen molar-refractivity contribution in [2.24, 2.45) is 0 Å². The molecule has 1 N–H and O–H groups in total. The van der Waals surface area contributed by atoms with Crippen molar-refractivity contribution in [1.82, 2.24) is 19.3 Å². The van der Waals surface area contributed by atoms with Crippen molar-refractivity contribution in [3.05, 3.63) is 89.1 Å². The predicted octanol–water partition coefficient (Wildman–Crippen LogP) is 2.32. The van der Waals surface area contributed by atoms with Gasteiger partial charge in [0.1, 0.15) is 11.7 Å². The lowest BCUT2D eigenvalue weighted by Crippen LogP contribution is -2.23. The SMILES string of the molecule is O=c1c2cnn(-c3ccccc3)c2ncn1C[C@H](O)c1ccccc1. The Hall–Kier alpha value is -3.25. The van der Waals surface area contributed by atoms with Gasteiger partial charge in [-0.05, 0) is 17.7 Å². The van der Waals surface area contributed by atoms with Crippen molar-refractivity contribution in [3.8, 4) is 5.69 Å². The van der Waals surface area contributed by atoms with E-state index < -0.39 is 6.10 Å². The molecule has 4 aromatic rings. The first-order valence-corrected chi connectivity index (χ1v) is 7.95. The highest BCUT2D eigenvalue weighted by Gasteiger charge is 2.14. The lowest BCUT2D eigenvalue weighted by molar-refractivity contribution is 0.155. The Balaban J connectivity index is 1.71. The van der Waals surface area contributed by atoms with Gasteiger partial charge in [-0.2, -0.15) is 5.10 Å². The van der Waals surface area contributed by atoms with Crippen LogP contribution >= 0.6 is 0 Å². The molecule has 0 amide bonds. The van der Waals surface area contributed by atoms with Crippen molar-refractivity contribution >= 4 is 11.0 Å². The molecule has 4 rings (SSSR count). The Kier molecular flexibility index (Phi) is 3.87. The molecule has 25 heavy (non-hydrogen) atoms. The summed E-state index contributed by atoms with van der Waals surface area (Å²) < 4.78 is 3.05. The average molecular weight is 332 g/mol. The molecular weight excluding hydrogens is 316 g/mol. The van der Waals surface area contributed by atoms with E-state index in [0.717, 1.165) is 11.3 Å². The van der Waals surface area contributed by atoms with Crippen LogP contribution in [0, 0.1) is 0 Å². The number of nitrogens with zero attached hydrogens (tertiary/aromatic N) is 4. The number of aliphatic hydroxyl groups excluding tert-OH is 1. The number of rotatable bonds is 4. The van der Waals surface area contributed by atoms with Gasteiger partial charge in [-0.1, -0.05) is 48.5 Å². The molecule has 0 fully saturated rings. The number of aromatic nitrogens is 4. The third-order valence-electron chi connectivity index (χ3n) is 4.11. The highest BCUT2D eigenvalue weighted by Crippen LogP contribution is 2.16. The Bertz CT molecular complexity index is 1060. The van der Waals surface area contributed by atoms with Crippen LogP contribution in [0.25, 0.3) is 16.7 Å². The van der Waals surface area contributed by atoms with E-state index in [1.54, 1.807) is 4.68 Å². The predicted molar refractivity (Wildman–Crippen MR) is 94.5 cm³/mol. The normalized spacial score (nSPS) is 12.4. The third kappa shape index (κ3) is 2.83. The first kappa shape index (κ1) is 15.3. The Morgan fingerprint density at radius 2 is 1.68 bits per heavy atom. The van der Waals surface area contributed by atoms with Crippen LogP contribution in [0.1, 0.15) is 11.7 Å². The fourth-order valence-electron chi connectivity index (χ4n) is 2.80. The summed E-state index contributed by atoms with van der Waals surface area (Å²) in [4.78, 5) is 17.1. The number of hydrogen-bond donors (Lipinski definition) is 1. The maximum atomic E-state index is 12.7. The second-order valence-corrected chi connectivity index (χ2v) is 5.76. The van der Waals surface area contributed by atoms with Gasteiger partial charge in [0.05, 0.1) is 24.5 Å². The average Bonchev–Trinajstić information content (AvgIpc) is 3.10. The van der Waals surface area contributed by atoms with Gasteiger partial charge in [0, 0.05) is 0 Å². The molecule has 0 bridgehead atoms. The summed E-state index contributed by atoms with van der Waals surface area (Å²) in [5, 5.41) is 15.1. The summed E-state index contributed by atoms with van der Waals surface area (Å²) in [6.45, 7) is 0.141. The topological polar surface area (TPSA) is 72.9 Å². The van der Waals surface area contributed by atoms with E-state index in [-0.39, 0.29) is 12.1 Å². The van der Waals surface area contributed by atoms with Gasteiger partial charge in [-0.15, -0.1) is 0 Å². The van der Waals surface area contributed by atoms with Crippen molar-refractivity contribution in [2.45, 2.75) is 12.6 Å².